The van der Waals surface area contributed by atoms with Crippen molar-refractivity contribution in [2.45, 2.75) is 114 Å². The summed E-state index contributed by atoms with van der Waals surface area (Å²) in [5.74, 6) is -0.340. The number of likely N-dealkylation sites (N-methyl/N-ethyl adjacent to an activating group) is 1. The van der Waals surface area contributed by atoms with Gasteiger partial charge in [0.05, 0.1) is 10.9 Å². The molecule has 13 nitrogen and oxygen atoms in total. The highest BCUT2D eigenvalue weighted by Crippen LogP contribution is 2.43. The van der Waals surface area contributed by atoms with Crippen LogP contribution in [0.25, 0.3) is 0 Å². The molecule has 2 saturated carbocycles. The fourth-order valence-electron chi connectivity index (χ4n) is 8.06. The van der Waals surface area contributed by atoms with E-state index in [1.807, 2.05) is 20.8 Å². The second-order valence-electron chi connectivity index (χ2n) is 16.0. The van der Waals surface area contributed by atoms with Gasteiger partial charge in [0, 0.05) is 39.1 Å². The normalized spacial score (nSPS) is 21.9. The van der Waals surface area contributed by atoms with Crippen LogP contribution in [-0.2, 0) is 29.2 Å². The van der Waals surface area contributed by atoms with E-state index in [1.165, 1.54) is 29.6 Å². The Morgan fingerprint density at radius 2 is 1.69 bits per heavy atom. The van der Waals surface area contributed by atoms with Gasteiger partial charge >= 0.3 is 6.03 Å². The van der Waals surface area contributed by atoms with Gasteiger partial charge in [0.2, 0.25) is 27.6 Å². The van der Waals surface area contributed by atoms with Crippen molar-refractivity contribution < 1.29 is 32.4 Å². The molecule has 1 aromatic rings. The minimum atomic E-state index is -3.84. The Bertz CT molecular complexity index is 1660. The number of nitrogens with one attached hydrogen (secondary N) is 4. The van der Waals surface area contributed by atoms with E-state index in [-0.39, 0.29) is 54.5 Å². The van der Waals surface area contributed by atoms with Gasteiger partial charge in [-0.15, -0.1) is 18.9 Å². The van der Waals surface area contributed by atoms with Gasteiger partial charge in [-0.2, -0.15) is 4.31 Å². The molecule has 3 fully saturated rings. The van der Waals surface area contributed by atoms with Crippen LogP contribution >= 0.6 is 0 Å². The monoisotopic (exact) mass is 766 g/mol. The molecule has 0 aromatic heterocycles. The number of rotatable bonds is 16. The van der Waals surface area contributed by atoms with Crippen molar-refractivity contribution >= 4 is 39.6 Å². The Labute approximate surface area is 320 Å². The molecule has 1 saturated heterocycles. The summed E-state index contributed by atoms with van der Waals surface area (Å²) in [7, 11) is -2.36. The van der Waals surface area contributed by atoms with Crippen LogP contribution in [0.4, 0.5) is 4.79 Å². The van der Waals surface area contributed by atoms with Crippen LogP contribution in [0.1, 0.15) is 85.0 Å². The maximum absolute atomic E-state index is 14.7. The van der Waals surface area contributed by atoms with Crippen LogP contribution < -0.4 is 21.3 Å². The van der Waals surface area contributed by atoms with Gasteiger partial charge in [0.15, 0.2) is 0 Å². The zero-order valence-corrected chi connectivity index (χ0v) is 33.0. The predicted molar refractivity (Wildman–Crippen MR) is 206 cm³/mol. The number of Topliss-reactive ketones (excluding diaryl/α,β-unsaturated/α-hetero) is 1. The third-order valence-electron chi connectivity index (χ3n) is 11.2. The predicted octanol–water partition coefficient (Wildman–Crippen LogP) is 3.37. The van der Waals surface area contributed by atoms with Crippen molar-refractivity contribution in [3.05, 3.63) is 43.0 Å². The van der Waals surface area contributed by atoms with Crippen molar-refractivity contribution in [3.63, 3.8) is 0 Å². The van der Waals surface area contributed by atoms with E-state index in [0.29, 0.717) is 6.54 Å². The highest BCUT2D eigenvalue weighted by atomic mass is 32.2. The number of terminal acetylenes is 1. The van der Waals surface area contributed by atoms with Crippen LogP contribution in [0.15, 0.2) is 47.9 Å². The summed E-state index contributed by atoms with van der Waals surface area (Å²) in [4.78, 5) is 70.3. The minimum absolute atomic E-state index is 0.0148. The molecule has 6 atom stereocenters. The third kappa shape index (κ3) is 10.5. The summed E-state index contributed by atoms with van der Waals surface area (Å²) in [6.07, 6.45) is 13.8. The average Bonchev–Trinajstić information content (AvgIpc) is 3.76. The number of ketones is 1. The van der Waals surface area contributed by atoms with Gasteiger partial charge in [-0.1, -0.05) is 70.7 Å². The number of fused-ring (bicyclic) bond motifs is 1. The molecule has 1 unspecified atom stereocenters. The van der Waals surface area contributed by atoms with Gasteiger partial charge in [0.1, 0.15) is 12.1 Å². The van der Waals surface area contributed by atoms with Crippen LogP contribution in [-0.4, -0.2) is 98.0 Å². The van der Waals surface area contributed by atoms with Gasteiger partial charge in [-0.3, -0.25) is 19.2 Å². The van der Waals surface area contributed by atoms with Gasteiger partial charge in [-0.25, -0.2) is 13.2 Å². The molecular weight excluding hydrogens is 709 g/mol. The van der Waals surface area contributed by atoms with E-state index < -0.39 is 63.2 Å². The van der Waals surface area contributed by atoms with Gasteiger partial charge < -0.3 is 26.2 Å². The molecular formula is C40H58N6O7S. The number of benzene rings is 1. The Hall–Kier alpha value is -4.22. The first-order valence-electron chi connectivity index (χ1n) is 19.2. The maximum Gasteiger partial charge on any atom is 0.315 e. The largest absolute Gasteiger partial charge is 0.346 e. The molecule has 4 rings (SSSR count). The fraction of sp³-hybridized carbons (Fsp3) is 0.625. The number of urea groups is 1. The number of amides is 5. The number of nitrogens with zero attached hydrogens (tertiary/aromatic N) is 2. The molecule has 14 heteroatoms. The number of hydrogen-bond acceptors (Lipinski definition) is 7. The Morgan fingerprint density at radius 3 is 2.31 bits per heavy atom. The second kappa shape index (κ2) is 18.9. The molecule has 1 aromatic carbocycles. The van der Waals surface area contributed by atoms with Crippen LogP contribution in [0, 0.1) is 35.5 Å². The van der Waals surface area contributed by atoms with Crippen LogP contribution in [0.2, 0.25) is 0 Å². The van der Waals surface area contributed by atoms with E-state index in [0.717, 1.165) is 51.4 Å². The molecule has 2 aliphatic carbocycles. The lowest BCUT2D eigenvalue weighted by Gasteiger charge is -2.37. The highest BCUT2D eigenvalue weighted by Gasteiger charge is 2.52. The van der Waals surface area contributed by atoms with Gasteiger partial charge in [0.25, 0.3) is 5.91 Å². The van der Waals surface area contributed by atoms with E-state index in [2.05, 4.69) is 33.8 Å². The summed E-state index contributed by atoms with van der Waals surface area (Å²) in [5.41, 5.74) is -0.562. The average molecular weight is 767 g/mol. The first-order valence-corrected chi connectivity index (χ1v) is 20.6. The molecule has 0 spiro atoms. The Balaban J connectivity index is 1.56. The molecule has 54 heavy (non-hydrogen) atoms. The van der Waals surface area contributed by atoms with E-state index >= 15 is 0 Å². The first kappa shape index (κ1) is 42.5. The maximum atomic E-state index is 14.7. The van der Waals surface area contributed by atoms with Crippen molar-refractivity contribution in [1.29, 1.82) is 0 Å². The quantitative estimate of drug-likeness (QED) is 0.113. The lowest BCUT2D eigenvalue weighted by molar-refractivity contribution is -0.144. The zero-order valence-electron chi connectivity index (χ0n) is 32.1. The number of hydrogen-bond donors (Lipinski definition) is 4. The van der Waals surface area contributed by atoms with E-state index in [9.17, 15) is 32.4 Å². The second-order valence-corrected chi connectivity index (χ2v) is 18.0. The highest BCUT2D eigenvalue weighted by molar-refractivity contribution is 7.89. The van der Waals surface area contributed by atoms with E-state index in [1.54, 1.807) is 23.1 Å². The van der Waals surface area contributed by atoms with Crippen molar-refractivity contribution in [3.8, 4) is 12.3 Å². The summed E-state index contributed by atoms with van der Waals surface area (Å²) >= 11 is 0. The summed E-state index contributed by atoms with van der Waals surface area (Å²) < 4.78 is 28.0. The summed E-state index contributed by atoms with van der Waals surface area (Å²) in [6, 6.07) is 3.85. The number of likely N-dealkylation sites (tertiary alicyclic amines) is 1. The molecule has 0 bridgehead atoms. The van der Waals surface area contributed by atoms with Gasteiger partial charge in [-0.05, 0) is 67.4 Å². The van der Waals surface area contributed by atoms with Crippen LogP contribution in [0.5, 0.6) is 0 Å². The Kier molecular flexibility index (Phi) is 14.9. The first-order chi connectivity index (χ1) is 25.6. The minimum Gasteiger partial charge on any atom is -0.346 e. The molecule has 4 N–H and O–H groups in total. The lowest BCUT2D eigenvalue weighted by Crippen LogP contribution is -2.61. The van der Waals surface area contributed by atoms with E-state index in [4.69, 9.17) is 6.42 Å². The third-order valence-corrected chi connectivity index (χ3v) is 13.0. The van der Waals surface area contributed by atoms with Crippen molar-refractivity contribution in [2.75, 3.05) is 26.7 Å². The van der Waals surface area contributed by atoms with Crippen LogP contribution in [0.3, 0.4) is 0 Å². The number of carbonyl (C=O) groups excluding carboxylic acids is 5. The smallest absolute Gasteiger partial charge is 0.315 e. The SMILES string of the molecule is C#CCCC(NC(=O)[C@@H]1[C@H]2CCC[C@H]2CN1C(=O)[C@@H](NC(=O)N[C@H](CN(C)S(=O)(=O)c1ccccc1)C(C)(C)C)C1CCCCC1)C(=O)C(=O)NCC=C. The van der Waals surface area contributed by atoms with Crippen molar-refractivity contribution in [2.24, 2.45) is 23.2 Å². The number of carbonyl (C=O) groups is 5. The molecule has 296 valence electrons. The molecule has 0 radical (unpaired) electrons. The Morgan fingerprint density at radius 1 is 1.00 bits per heavy atom. The summed E-state index contributed by atoms with van der Waals surface area (Å²) in [6.45, 7) is 9.67. The molecule has 1 heterocycles. The fourth-order valence-corrected chi connectivity index (χ4v) is 9.27. The molecule has 5 amide bonds. The summed E-state index contributed by atoms with van der Waals surface area (Å²) in [5, 5.41) is 11.2. The standard InChI is InChI=1S/C40H58N6O7S/c1-7-9-23-31(35(47)37(49)41-24-8-2)42-36(48)34-30-22-16-19-28(30)25-46(34)38(50)33(27-17-12-10-13-18-27)44-39(51)43-32(40(3,4)5)26-45(6)54(52,53)29-20-14-11-15-21-29/h1,8,11,14-15,20-21,27-28,30-34H,2,9-10,12-13,16-19,22-26H2,3-6H3,(H,41,49)(H,42,48)(H2,43,44,51)/t28-,30-,31?,32+,33-,34-/m0/s1. The lowest BCUT2D eigenvalue weighted by atomic mass is 9.83. The molecule has 3 aliphatic rings. The zero-order chi connectivity index (χ0) is 39.6. The van der Waals surface area contributed by atoms with Crippen molar-refractivity contribution in [1.82, 2.24) is 30.5 Å². The molecule has 1 aliphatic heterocycles. The number of sulfonamides is 1. The topological polar surface area (TPSA) is 174 Å².